The molecular weight excluding hydrogens is 350 g/mol. The van der Waals surface area contributed by atoms with E-state index in [-0.39, 0.29) is 30.6 Å². The van der Waals surface area contributed by atoms with Crippen LogP contribution in [0.4, 0.5) is 35.1 Å². The Morgan fingerprint density at radius 3 is 1.82 bits per heavy atom. The van der Waals surface area contributed by atoms with Crippen LogP contribution in [0.3, 0.4) is 0 Å². The summed E-state index contributed by atoms with van der Waals surface area (Å²) in [5.41, 5.74) is 0.162. The van der Waals surface area contributed by atoms with Crippen molar-refractivity contribution in [2.24, 2.45) is 5.73 Å². The van der Waals surface area contributed by atoms with Crippen molar-refractivity contribution in [2.75, 3.05) is 6.61 Å². The molecule has 0 radical (unpaired) electrons. The summed E-state index contributed by atoms with van der Waals surface area (Å²) in [7, 11) is 0. The molecule has 11 heteroatoms. The van der Waals surface area contributed by atoms with Gasteiger partial charge in [-0.15, -0.1) is 12.4 Å². The number of benzene rings is 1. The Bertz CT molecular complexity index is 514. The Labute approximate surface area is 125 Å². The second kappa shape index (κ2) is 6.55. The predicted molar refractivity (Wildman–Crippen MR) is 62.7 cm³/mol. The summed E-state index contributed by atoms with van der Waals surface area (Å²) in [6, 6.07) is -2.43. The molecule has 128 valence electrons. The summed E-state index contributed by atoms with van der Waals surface area (Å²) in [6.45, 7) is -1.84. The van der Waals surface area contributed by atoms with Crippen molar-refractivity contribution in [3.8, 4) is 0 Å². The van der Waals surface area contributed by atoms with Crippen LogP contribution >= 0.6 is 12.4 Å². The Kier molecular flexibility index (Phi) is 6.21. The molecule has 0 aliphatic rings. The van der Waals surface area contributed by atoms with Gasteiger partial charge in [-0.1, -0.05) is 6.07 Å². The summed E-state index contributed by atoms with van der Waals surface area (Å²) in [5, 5.41) is 8.41. The SMILES string of the molecule is Cl.N[C@H](c1ccc(C(F)(F)F)cc1C(F)(F)F)C(F)(F)CO. The highest BCUT2D eigenvalue weighted by Gasteiger charge is 2.44. The lowest BCUT2D eigenvalue weighted by atomic mass is 9.94. The number of hydrogen-bond acceptors (Lipinski definition) is 2. The summed E-state index contributed by atoms with van der Waals surface area (Å²) in [5.74, 6) is -4.11. The third-order valence-corrected chi connectivity index (χ3v) is 2.69. The Morgan fingerprint density at radius 1 is 0.955 bits per heavy atom. The van der Waals surface area contributed by atoms with Gasteiger partial charge in [-0.05, 0) is 17.7 Å². The summed E-state index contributed by atoms with van der Waals surface area (Å²) in [6.07, 6.45) is -10.4. The number of aliphatic hydroxyl groups is 1. The summed E-state index contributed by atoms with van der Waals surface area (Å²) < 4.78 is 102. The number of rotatable bonds is 3. The molecule has 0 heterocycles. The molecule has 0 fully saturated rings. The molecule has 1 atom stereocenters. The highest BCUT2D eigenvalue weighted by molar-refractivity contribution is 5.85. The topological polar surface area (TPSA) is 46.2 Å². The molecule has 2 nitrogen and oxygen atoms in total. The van der Waals surface area contributed by atoms with Gasteiger partial charge in [0.2, 0.25) is 0 Å². The number of alkyl halides is 8. The number of hydrogen-bond donors (Lipinski definition) is 2. The zero-order valence-corrected chi connectivity index (χ0v) is 11.3. The maximum Gasteiger partial charge on any atom is 0.416 e. The maximum atomic E-state index is 13.2. The first-order valence-electron chi connectivity index (χ1n) is 5.33. The lowest BCUT2D eigenvalue weighted by Crippen LogP contribution is -2.37. The number of aliphatic hydroxyl groups excluding tert-OH is 1. The van der Waals surface area contributed by atoms with Gasteiger partial charge >= 0.3 is 12.4 Å². The average Bonchev–Trinajstić information content (AvgIpc) is 2.35. The second-order valence-corrected chi connectivity index (χ2v) is 4.19. The molecule has 0 bridgehead atoms. The zero-order chi connectivity index (χ0) is 16.6. The van der Waals surface area contributed by atoms with E-state index in [0.717, 1.165) is 0 Å². The second-order valence-electron chi connectivity index (χ2n) is 4.19. The van der Waals surface area contributed by atoms with Crippen molar-refractivity contribution in [1.82, 2.24) is 0 Å². The average molecular weight is 360 g/mol. The van der Waals surface area contributed by atoms with Crippen LogP contribution in [0.1, 0.15) is 22.7 Å². The molecule has 0 aromatic heterocycles. The summed E-state index contributed by atoms with van der Waals surface area (Å²) in [4.78, 5) is 0. The van der Waals surface area contributed by atoms with Crippen molar-refractivity contribution >= 4 is 12.4 Å². The molecule has 3 N–H and O–H groups in total. The van der Waals surface area contributed by atoms with Crippen LogP contribution in [-0.4, -0.2) is 17.6 Å². The van der Waals surface area contributed by atoms with Crippen molar-refractivity contribution in [1.29, 1.82) is 0 Å². The van der Waals surface area contributed by atoms with E-state index in [1.807, 2.05) is 0 Å². The Balaban J connectivity index is 0.00000441. The largest absolute Gasteiger partial charge is 0.416 e. The van der Waals surface area contributed by atoms with Crippen LogP contribution in [0.2, 0.25) is 0 Å². The van der Waals surface area contributed by atoms with E-state index in [4.69, 9.17) is 10.8 Å². The van der Waals surface area contributed by atoms with Crippen LogP contribution in [0.15, 0.2) is 18.2 Å². The first kappa shape index (κ1) is 20.9. The Hall–Kier alpha value is -1.13. The minimum absolute atomic E-state index is 0. The van der Waals surface area contributed by atoms with Gasteiger partial charge in [0.05, 0.1) is 17.2 Å². The fraction of sp³-hybridized carbons (Fsp3) is 0.455. The van der Waals surface area contributed by atoms with Crippen molar-refractivity contribution < 1.29 is 40.2 Å². The van der Waals surface area contributed by atoms with Gasteiger partial charge in [-0.3, -0.25) is 0 Å². The molecule has 0 unspecified atom stereocenters. The van der Waals surface area contributed by atoms with Gasteiger partial charge in [-0.25, -0.2) is 8.78 Å². The molecule has 1 aromatic carbocycles. The molecule has 0 spiro atoms. The molecule has 0 saturated heterocycles. The van der Waals surface area contributed by atoms with E-state index >= 15 is 0 Å². The molecule has 0 saturated carbocycles. The molecule has 1 rings (SSSR count). The minimum Gasteiger partial charge on any atom is -0.390 e. The van der Waals surface area contributed by atoms with Gasteiger partial charge < -0.3 is 10.8 Å². The van der Waals surface area contributed by atoms with Crippen LogP contribution in [0.25, 0.3) is 0 Å². The Morgan fingerprint density at radius 2 is 1.45 bits per heavy atom. The van der Waals surface area contributed by atoms with Crippen LogP contribution in [-0.2, 0) is 12.4 Å². The lowest BCUT2D eigenvalue weighted by Gasteiger charge is -2.25. The van der Waals surface area contributed by atoms with E-state index in [9.17, 15) is 35.1 Å². The van der Waals surface area contributed by atoms with E-state index in [1.165, 1.54) is 0 Å². The highest BCUT2D eigenvalue weighted by Crippen LogP contribution is 2.41. The summed E-state index contributed by atoms with van der Waals surface area (Å²) >= 11 is 0. The molecule has 0 aliphatic heterocycles. The monoisotopic (exact) mass is 359 g/mol. The maximum absolute atomic E-state index is 13.2. The standard InChI is InChI=1S/C11H9F8NO.ClH/c12-9(13,4-21)8(20)6-2-1-5(10(14,15)16)3-7(6)11(17,18)19;/h1-3,8,21H,4,20H2;1H/t8-;/m1./s1. The van der Waals surface area contributed by atoms with E-state index in [0.29, 0.717) is 0 Å². The molecular formula is C11H10ClF8NO. The fourth-order valence-electron chi connectivity index (χ4n) is 1.58. The quantitative estimate of drug-likeness (QED) is 0.807. The predicted octanol–water partition coefficient (Wildman–Crippen LogP) is 3.77. The van der Waals surface area contributed by atoms with E-state index in [2.05, 4.69) is 0 Å². The van der Waals surface area contributed by atoms with Crippen LogP contribution in [0.5, 0.6) is 0 Å². The van der Waals surface area contributed by atoms with E-state index < -0.39 is 47.6 Å². The van der Waals surface area contributed by atoms with Crippen LogP contribution < -0.4 is 5.73 Å². The van der Waals surface area contributed by atoms with Gasteiger partial charge in [-0.2, -0.15) is 26.3 Å². The third-order valence-electron chi connectivity index (χ3n) is 2.69. The molecule has 22 heavy (non-hydrogen) atoms. The first-order valence-corrected chi connectivity index (χ1v) is 5.33. The van der Waals surface area contributed by atoms with Gasteiger partial charge in [0.1, 0.15) is 6.61 Å². The normalized spacial score (nSPS) is 14.5. The third kappa shape index (κ3) is 4.43. The smallest absolute Gasteiger partial charge is 0.390 e. The van der Waals surface area contributed by atoms with E-state index in [1.54, 1.807) is 0 Å². The lowest BCUT2D eigenvalue weighted by molar-refractivity contribution is -0.144. The van der Waals surface area contributed by atoms with Crippen molar-refractivity contribution in [3.05, 3.63) is 34.9 Å². The van der Waals surface area contributed by atoms with Crippen molar-refractivity contribution in [3.63, 3.8) is 0 Å². The van der Waals surface area contributed by atoms with Gasteiger partial charge in [0.15, 0.2) is 0 Å². The van der Waals surface area contributed by atoms with Crippen LogP contribution in [0, 0.1) is 0 Å². The number of nitrogens with two attached hydrogens (primary N) is 1. The molecule has 0 aliphatic carbocycles. The van der Waals surface area contributed by atoms with Gasteiger partial charge in [0.25, 0.3) is 5.92 Å². The minimum atomic E-state index is -5.31. The molecule has 0 amide bonds. The van der Waals surface area contributed by atoms with Crippen molar-refractivity contribution in [2.45, 2.75) is 24.3 Å². The highest BCUT2D eigenvalue weighted by atomic mass is 35.5. The fourth-order valence-corrected chi connectivity index (χ4v) is 1.58. The number of halogens is 9. The molecule has 1 aromatic rings. The first-order chi connectivity index (χ1) is 9.30. The zero-order valence-electron chi connectivity index (χ0n) is 10.5. The van der Waals surface area contributed by atoms with Gasteiger partial charge in [0, 0.05) is 0 Å².